The third-order valence-corrected chi connectivity index (χ3v) is 4.54. The summed E-state index contributed by atoms with van der Waals surface area (Å²) in [4.78, 5) is 31.9. The second kappa shape index (κ2) is 7.27. The molecule has 3 rings (SSSR count). The van der Waals surface area contributed by atoms with Gasteiger partial charge in [-0.25, -0.2) is 0 Å². The van der Waals surface area contributed by atoms with Gasteiger partial charge in [0.05, 0.1) is 25.5 Å². The first kappa shape index (κ1) is 16.9. The van der Waals surface area contributed by atoms with E-state index < -0.39 is 5.79 Å². The molecule has 0 atom stereocenters. The second-order valence-corrected chi connectivity index (χ2v) is 6.18. The van der Waals surface area contributed by atoms with Gasteiger partial charge < -0.3 is 19.3 Å². The summed E-state index contributed by atoms with van der Waals surface area (Å²) in [5.74, 6) is -0.677. The Morgan fingerprint density at radius 1 is 1.25 bits per heavy atom. The van der Waals surface area contributed by atoms with E-state index in [0.29, 0.717) is 45.7 Å². The molecule has 0 saturated carbocycles. The number of rotatable bonds is 4. The third-order valence-electron chi connectivity index (χ3n) is 4.54. The molecule has 1 aromatic rings. The van der Waals surface area contributed by atoms with E-state index in [-0.39, 0.29) is 18.4 Å². The van der Waals surface area contributed by atoms with Crippen LogP contribution < -0.4 is 0 Å². The van der Waals surface area contributed by atoms with Crippen LogP contribution in [-0.2, 0) is 25.6 Å². The zero-order chi connectivity index (χ0) is 17.0. The molecular formula is C17H23N3O4. The molecular weight excluding hydrogens is 310 g/mol. The molecule has 0 aliphatic carbocycles. The molecule has 0 bridgehead atoms. The normalized spacial score (nSPS) is 19.5. The van der Waals surface area contributed by atoms with Gasteiger partial charge in [-0.2, -0.15) is 0 Å². The van der Waals surface area contributed by atoms with Crippen LogP contribution in [0.5, 0.6) is 0 Å². The van der Waals surface area contributed by atoms with Gasteiger partial charge in [0.25, 0.3) is 0 Å². The van der Waals surface area contributed by atoms with Crippen LogP contribution in [0.1, 0.15) is 25.5 Å². The SMILES string of the molecule is CC(=O)N(CC(=O)N1CCC2(CC1)OCCO2)Cc1ccccn1. The minimum absolute atomic E-state index is 0.0472. The van der Waals surface area contributed by atoms with Crippen molar-refractivity contribution in [2.75, 3.05) is 32.8 Å². The van der Waals surface area contributed by atoms with Gasteiger partial charge >= 0.3 is 0 Å². The van der Waals surface area contributed by atoms with E-state index >= 15 is 0 Å². The number of hydrogen-bond acceptors (Lipinski definition) is 5. The number of piperidine rings is 1. The predicted molar refractivity (Wildman–Crippen MR) is 85.8 cm³/mol. The maximum atomic E-state index is 12.5. The Kier molecular flexibility index (Phi) is 5.11. The first-order chi connectivity index (χ1) is 11.6. The molecule has 1 spiro atoms. The highest BCUT2D eigenvalue weighted by Crippen LogP contribution is 2.31. The van der Waals surface area contributed by atoms with Crippen molar-refractivity contribution in [3.05, 3.63) is 30.1 Å². The van der Waals surface area contributed by atoms with Gasteiger partial charge in [0.2, 0.25) is 11.8 Å². The minimum Gasteiger partial charge on any atom is -0.347 e. The molecule has 1 aromatic heterocycles. The lowest BCUT2D eigenvalue weighted by atomic mass is 10.0. The Bertz CT molecular complexity index is 577. The lowest BCUT2D eigenvalue weighted by molar-refractivity contribution is -0.187. The molecule has 2 saturated heterocycles. The van der Waals surface area contributed by atoms with E-state index in [9.17, 15) is 9.59 Å². The van der Waals surface area contributed by atoms with Crippen LogP contribution in [-0.4, -0.2) is 65.2 Å². The lowest BCUT2D eigenvalue weighted by Gasteiger charge is -2.38. The van der Waals surface area contributed by atoms with Crippen molar-refractivity contribution in [1.82, 2.24) is 14.8 Å². The molecule has 130 valence electrons. The number of hydrogen-bond donors (Lipinski definition) is 0. The van der Waals surface area contributed by atoms with Gasteiger partial charge in [-0.1, -0.05) is 6.07 Å². The maximum absolute atomic E-state index is 12.5. The quantitative estimate of drug-likeness (QED) is 0.815. The van der Waals surface area contributed by atoms with Gasteiger partial charge in [0, 0.05) is 39.1 Å². The fourth-order valence-corrected chi connectivity index (χ4v) is 3.11. The average Bonchev–Trinajstić information content (AvgIpc) is 3.03. The zero-order valence-electron chi connectivity index (χ0n) is 13.9. The van der Waals surface area contributed by atoms with Crippen molar-refractivity contribution >= 4 is 11.8 Å². The Hall–Kier alpha value is -1.99. The zero-order valence-corrected chi connectivity index (χ0v) is 13.9. The van der Waals surface area contributed by atoms with E-state index in [1.165, 1.54) is 11.8 Å². The number of carbonyl (C=O) groups is 2. The van der Waals surface area contributed by atoms with Gasteiger partial charge in [0.15, 0.2) is 5.79 Å². The fourth-order valence-electron chi connectivity index (χ4n) is 3.11. The number of ether oxygens (including phenoxy) is 2. The number of aromatic nitrogens is 1. The number of carbonyl (C=O) groups excluding carboxylic acids is 2. The molecule has 2 aliphatic rings. The summed E-state index contributed by atoms with van der Waals surface area (Å²) in [6.45, 7) is 4.31. The predicted octanol–water partition coefficient (Wildman–Crippen LogP) is 0.796. The van der Waals surface area contributed by atoms with Crippen LogP contribution >= 0.6 is 0 Å². The summed E-state index contributed by atoms with van der Waals surface area (Å²) in [6, 6.07) is 5.54. The van der Waals surface area contributed by atoms with E-state index in [1.807, 2.05) is 18.2 Å². The minimum atomic E-state index is -0.495. The highest BCUT2D eigenvalue weighted by atomic mass is 16.7. The Balaban J connectivity index is 1.55. The summed E-state index contributed by atoms with van der Waals surface area (Å²) < 4.78 is 11.3. The Morgan fingerprint density at radius 2 is 1.96 bits per heavy atom. The first-order valence-corrected chi connectivity index (χ1v) is 8.29. The molecule has 2 fully saturated rings. The second-order valence-electron chi connectivity index (χ2n) is 6.18. The van der Waals surface area contributed by atoms with Crippen molar-refractivity contribution in [1.29, 1.82) is 0 Å². The van der Waals surface area contributed by atoms with Crippen LogP contribution in [0, 0.1) is 0 Å². The highest BCUT2D eigenvalue weighted by Gasteiger charge is 2.40. The molecule has 0 N–H and O–H groups in total. The largest absolute Gasteiger partial charge is 0.347 e. The number of likely N-dealkylation sites (tertiary alicyclic amines) is 1. The third kappa shape index (κ3) is 3.91. The van der Waals surface area contributed by atoms with Crippen LogP contribution in [0.4, 0.5) is 0 Å². The molecule has 0 aromatic carbocycles. The lowest BCUT2D eigenvalue weighted by Crippen LogP contribution is -2.50. The number of amides is 2. The first-order valence-electron chi connectivity index (χ1n) is 8.29. The molecule has 24 heavy (non-hydrogen) atoms. The monoisotopic (exact) mass is 333 g/mol. The fraction of sp³-hybridized carbons (Fsp3) is 0.588. The van der Waals surface area contributed by atoms with Gasteiger partial charge in [-0.15, -0.1) is 0 Å². The van der Waals surface area contributed by atoms with Gasteiger partial charge in [-0.05, 0) is 12.1 Å². The summed E-state index contributed by atoms with van der Waals surface area (Å²) in [7, 11) is 0. The Labute approximate surface area is 141 Å². The molecule has 2 amide bonds. The molecule has 2 aliphatic heterocycles. The number of nitrogens with zero attached hydrogens (tertiary/aromatic N) is 3. The molecule has 7 heteroatoms. The smallest absolute Gasteiger partial charge is 0.242 e. The van der Waals surface area contributed by atoms with Crippen molar-refractivity contribution < 1.29 is 19.1 Å². The molecule has 0 radical (unpaired) electrons. The van der Waals surface area contributed by atoms with Crippen LogP contribution in [0.15, 0.2) is 24.4 Å². The topological polar surface area (TPSA) is 72.0 Å². The summed E-state index contributed by atoms with van der Waals surface area (Å²) in [5.41, 5.74) is 0.769. The highest BCUT2D eigenvalue weighted by molar-refractivity contribution is 5.83. The van der Waals surface area contributed by atoms with Crippen LogP contribution in [0.3, 0.4) is 0 Å². The average molecular weight is 333 g/mol. The van der Waals surface area contributed by atoms with E-state index in [2.05, 4.69) is 4.98 Å². The summed E-state index contributed by atoms with van der Waals surface area (Å²) in [5, 5.41) is 0. The molecule has 0 unspecified atom stereocenters. The van der Waals surface area contributed by atoms with Gasteiger partial charge in [-0.3, -0.25) is 14.6 Å². The summed E-state index contributed by atoms with van der Waals surface area (Å²) in [6.07, 6.45) is 3.04. The maximum Gasteiger partial charge on any atom is 0.242 e. The summed E-state index contributed by atoms with van der Waals surface area (Å²) >= 11 is 0. The standard InChI is InChI=1S/C17H23N3O4/c1-14(21)20(12-15-4-2-3-7-18-15)13-16(22)19-8-5-17(6-9-19)23-10-11-24-17/h2-4,7H,5-6,8-13H2,1H3. The number of pyridine rings is 1. The van der Waals surface area contributed by atoms with Crippen molar-refractivity contribution in [2.45, 2.75) is 32.1 Å². The molecule has 3 heterocycles. The van der Waals surface area contributed by atoms with E-state index in [0.717, 1.165) is 5.69 Å². The van der Waals surface area contributed by atoms with E-state index in [1.54, 1.807) is 11.1 Å². The molecule has 7 nitrogen and oxygen atoms in total. The van der Waals surface area contributed by atoms with Crippen LogP contribution in [0.2, 0.25) is 0 Å². The van der Waals surface area contributed by atoms with Crippen molar-refractivity contribution in [3.63, 3.8) is 0 Å². The van der Waals surface area contributed by atoms with Crippen LogP contribution in [0.25, 0.3) is 0 Å². The van der Waals surface area contributed by atoms with Crippen molar-refractivity contribution in [3.8, 4) is 0 Å². The Morgan fingerprint density at radius 3 is 2.54 bits per heavy atom. The van der Waals surface area contributed by atoms with Gasteiger partial charge in [0.1, 0.15) is 6.54 Å². The van der Waals surface area contributed by atoms with E-state index in [4.69, 9.17) is 9.47 Å². The van der Waals surface area contributed by atoms with Crippen molar-refractivity contribution in [2.24, 2.45) is 0 Å².